The fourth-order valence-corrected chi connectivity index (χ4v) is 3.96. The number of nitrogens with zero attached hydrogens (tertiary/aromatic N) is 1. The standard InChI is InChI=1S/C25H26N2O5/c1-30-20-10-7-17(8-11-20)21-15-19(9-12-22(21)31-2)26-24(28)18-5-3-13-27(16-18)25(29)23-6-4-14-32-23/h4,6-12,14-15,18H,3,5,13,16H2,1-2H3,(H,26,28)/t18-/m0/s1. The summed E-state index contributed by atoms with van der Waals surface area (Å²) in [5.74, 6) is 1.20. The van der Waals surface area contributed by atoms with Crippen molar-refractivity contribution in [1.82, 2.24) is 4.90 Å². The molecule has 7 heteroatoms. The molecule has 3 aromatic rings. The number of hydrogen-bond acceptors (Lipinski definition) is 5. The number of likely N-dealkylation sites (tertiary alicyclic amines) is 1. The van der Waals surface area contributed by atoms with Gasteiger partial charge in [0.15, 0.2) is 5.76 Å². The third kappa shape index (κ3) is 4.61. The zero-order chi connectivity index (χ0) is 22.5. The molecule has 1 fully saturated rings. The third-order valence-electron chi connectivity index (χ3n) is 5.68. The van der Waals surface area contributed by atoms with Crippen molar-refractivity contribution in [3.05, 3.63) is 66.6 Å². The van der Waals surface area contributed by atoms with Gasteiger partial charge in [0.25, 0.3) is 5.91 Å². The average Bonchev–Trinajstić information content (AvgIpc) is 3.39. The molecule has 1 aliphatic rings. The predicted molar refractivity (Wildman–Crippen MR) is 121 cm³/mol. The molecule has 1 N–H and O–H groups in total. The zero-order valence-electron chi connectivity index (χ0n) is 18.2. The molecule has 4 rings (SSSR count). The van der Waals surface area contributed by atoms with Crippen LogP contribution in [0.3, 0.4) is 0 Å². The lowest BCUT2D eigenvalue weighted by atomic mass is 9.96. The number of piperidine rings is 1. The number of carbonyl (C=O) groups excluding carboxylic acids is 2. The summed E-state index contributed by atoms with van der Waals surface area (Å²) in [5, 5.41) is 3.01. The van der Waals surface area contributed by atoms with Crippen molar-refractivity contribution in [2.75, 3.05) is 32.6 Å². The molecule has 1 aromatic heterocycles. The fourth-order valence-electron chi connectivity index (χ4n) is 3.96. The first-order valence-electron chi connectivity index (χ1n) is 10.5. The molecule has 32 heavy (non-hydrogen) atoms. The van der Waals surface area contributed by atoms with Gasteiger partial charge in [-0.25, -0.2) is 0 Å². The van der Waals surface area contributed by atoms with Crippen LogP contribution in [0, 0.1) is 5.92 Å². The van der Waals surface area contributed by atoms with E-state index in [9.17, 15) is 9.59 Å². The minimum absolute atomic E-state index is 0.104. The Morgan fingerprint density at radius 2 is 1.88 bits per heavy atom. The highest BCUT2D eigenvalue weighted by atomic mass is 16.5. The number of carbonyl (C=O) groups is 2. The van der Waals surface area contributed by atoms with Crippen molar-refractivity contribution in [3.63, 3.8) is 0 Å². The summed E-state index contributed by atoms with van der Waals surface area (Å²) < 4.78 is 16.0. The Labute approximate surface area is 186 Å². The Bertz CT molecular complexity index is 1080. The van der Waals surface area contributed by atoms with Gasteiger partial charge in [0.05, 0.1) is 26.4 Å². The maximum atomic E-state index is 13.0. The molecule has 7 nitrogen and oxygen atoms in total. The van der Waals surface area contributed by atoms with Crippen molar-refractivity contribution in [2.45, 2.75) is 12.8 Å². The van der Waals surface area contributed by atoms with Crippen LogP contribution in [-0.4, -0.2) is 44.0 Å². The van der Waals surface area contributed by atoms with E-state index in [4.69, 9.17) is 13.9 Å². The second-order valence-corrected chi connectivity index (χ2v) is 7.70. The lowest BCUT2D eigenvalue weighted by molar-refractivity contribution is -0.121. The van der Waals surface area contributed by atoms with Crippen LogP contribution >= 0.6 is 0 Å². The molecular weight excluding hydrogens is 408 g/mol. The maximum Gasteiger partial charge on any atom is 0.289 e. The van der Waals surface area contributed by atoms with E-state index < -0.39 is 0 Å². The normalized spacial score (nSPS) is 15.8. The van der Waals surface area contributed by atoms with Gasteiger partial charge in [-0.1, -0.05) is 12.1 Å². The van der Waals surface area contributed by atoms with Gasteiger partial charge in [-0.05, 0) is 60.9 Å². The summed E-state index contributed by atoms with van der Waals surface area (Å²) in [6.07, 6.45) is 2.98. The quantitative estimate of drug-likeness (QED) is 0.620. The molecule has 2 amide bonds. The molecule has 2 aromatic carbocycles. The first-order chi connectivity index (χ1) is 15.6. The number of methoxy groups -OCH3 is 2. The van der Waals surface area contributed by atoms with E-state index in [2.05, 4.69) is 5.32 Å². The monoisotopic (exact) mass is 434 g/mol. The summed E-state index contributed by atoms with van der Waals surface area (Å²) in [7, 11) is 3.24. The Morgan fingerprint density at radius 1 is 1.06 bits per heavy atom. The van der Waals surface area contributed by atoms with E-state index >= 15 is 0 Å². The van der Waals surface area contributed by atoms with E-state index in [1.807, 2.05) is 42.5 Å². The minimum atomic E-state index is -0.283. The van der Waals surface area contributed by atoms with Crippen LogP contribution in [0.4, 0.5) is 5.69 Å². The fraction of sp³-hybridized carbons (Fsp3) is 0.280. The predicted octanol–water partition coefficient (Wildman–Crippen LogP) is 4.45. The molecular formula is C25H26N2O5. The molecule has 0 radical (unpaired) electrons. The van der Waals surface area contributed by atoms with Gasteiger partial charge in [-0.3, -0.25) is 9.59 Å². The molecule has 0 saturated carbocycles. The van der Waals surface area contributed by atoms with E-state index in [0.29, 0.717) is 30.3 Å². The highest BCUT2D eigenvalue weighted by Gasteiger charge is 2.30. The Morgan fingerprint density at radius 3 is 2.56 bits per heavy atom. The SMILES string of the molecule is COc1ccc(-c2cc(NC(=O)[C@H]3CCCN(C(=O)c4ccco4)C3)ccc2OC)cc1. The van der Waals surface area contributed by atoms with Crippen molar-refractivity contribution in [1.29, 1.82) is 0 Å². The van der Waals surface area contributed by atoms with Crippen LogP contribution in [0.25, 0.3) is 11.1 Å². The summed E-state index contributed by atoms with van der Waals surface area (Å²) in [6.45, 7) is 0.986. The van der Waals surface area contributed by atoms with Gasteiger partial charge in [-0.2, -0.15) is 0 Å². The molecule has 0 spiro atoms. The van der Waals surface area contributed by atoms with Gasteiger partial charge < -0.3 is 24.1 Å². The Kier molecular flexibility index (Phi) is 6.44. The van der Waals surface area contributed by atoms with Crippen LogP contribution in [0.5, 0.6) is 11.5 Å². The molecule has 0 bridgehead atoms. The molecule has 1 saturated heterocycles. The molecule has 166 valence electrons. The van der Waals surface area contributed by atoms with Gasteiger partial charge >= 0.3 is 0 Å². The van der Waals surface area contributed by atoms with Crippen LogP contribution in [0.15, 0.2) is 65.3 Å². The first-order valence-corrected chi connectivity index (χ1v) is 10.5. The van der Waals surface area contributed by atoms with Gasteiger partial charge in [-0.15, -0.1) is 0 Å². The topological polar surface area (TPSA) is 81.0 Å². The summed E-state index contributed by atoms with van der Waals surface area (Å²) in [6, 6.07) is 16.5. The van der Waals surface area contributed by atoms with Crippen LogP contribution < -0.4 is 14.8 Å². The number of furan rings is 1. The van der Waals surface area contributed by atoms with Crippen LogP contribution in [0.1, 0.15) is 23.4 Å². The number of amides is 2. The number of ether oxygens (including phenoxy) is 2. The van der Waals surface area contributed by atoms with Crippen molar-refractivity contribution < 1.29 is 23.5 Å². The smallest absolute Gasteiger partial charge is 0.289 e. The van der Waals surface area contributed by atoms with E-state index in [0.717, 1.165) is 29.7 Å². The summed E-state index contributed by atoms with van der Waals surface area (Å²) in [5.41, 5.74) is 2.49. The third-order valence-corrected chi connectivity index (χ3v) is 5.68. The molecule has 1 atom stereocenters. The van der Waals surface area contributed by atoms with Crippen molar-refractivity contribution in [3.8, 4) is 22.6 Å². The van der Waals surface area contributed by atoms with Crippen LogP contribution in [0.2, 0.25) is 0 Å². The lowest BCUT2D eigenvalue weighted by Gasteiger charge is -2.31. The number of anilines is 1. The summed E-state index contributed by atoms with van der Waals surface area (Å²) in [4.78, 5) is 27.3. The van der Waals surface area contributed by atoms with Gasteiger partial charge in [0.1, 0.15) is 11.5 Å². The van der Waals surface area contributed by atoms with Gasteiger partial charge in [0.2, 0.25) is 5.91 Å². The first kappa shape index (κ1) is 21.5. The largest absolute Gasteiger partial charge is 0.497 e. The molecule has 1 aliphatic heterocycles. The second-order valence-electron chi connectivity index (χ2n) is 7.70. The highest BCUT2D eigenvalue weighted by molar-refractivity contribution is 5.95. The zero-order valence-corrected chi connectivity index (χ0v) is 18.2. The summed E-state index contributed by atoms with van der Waals surface area (Å²) >= 11 is 0. The molecule has 0 unspecified atom stereocenters. The number of rotatable bonds is 6. The van der Waals surface area contributed by atoms with Crippen molar-refractivity contribution >= 4 is 17.5 Å². The van der Waals surface area contributed by atoms with Gasteiger partial charge in [0, 0.05) is 24.3 Å². The van der Waals surface area contributed by atoms with E-state index in [1.54, 1.807) is 31.3 Å². The van der Waals surface area contributed by atoms with Crippen molar-refractivity contribution in [2.24, 2.45) is 5.92 Å². The average molecular weight is 434 g/mol. The number of hydrogen-bond donors (Lipinski definition) is 1. The maximum absolute atomic E-state index is 13.0. The molecule has 0 aliphatic carbocycles. The Balaban J connectivity index is 1.48. The Hall–Kier alpha value is -3.74. The number of benzene rings is 2. The minimum Gasteiger partial charge on any atom is -0.497 e. The van der Waals surface area contributed by atoms with Crippen LogP contribution in [-0.2, 0) is 4.79 Å². The number of nitrogens with one attached hydrogen (secondary N) is 1. The van der Waals surface area contributed by atoms with E-state index in [1.165, 1.54) is 6.26 Å². The lowest BCUT2D eigenvalue weighted by Crippen LogP contribution is -2.43. The van der Waals surface area contributed by atoms with E-state index in [-0.39, 0.29) is 17.7 Å². The highest BCUT2D eigenvalue weighted by Crippen LogP contribution is 2.34. The second kappa shape index (κ2) is 9.60. The molecule has 2 heterocycles.